The van der Waals surface area contributed by atoms with Gasteiger partial charge < -0.3 is 4.74 Å². The van der Waals surface area contributed by atoms with Gasteiger partial charge in [-0.3, -0.25) is 0 Å². The molecule has 1 saturated carbocycles. The van der Waals surface area contributed by atoms with Crippen molar-refractivity contribution in [2.75, 3.05) is 11.9 Å². The van der Waals surface area contributed by atoms with Gasteiger partial charge in [0, 0.05) is 11.4 Å². The Labute approximate surface area is 116 Å². The molecule has 0 aromatic carbocycles. The van der Waals surface area contributed by atoms with Crippen LogP contribution in [0.3, 0.4) is 0 Å². The number of nitrogens with one attached hydrogen (secondary N) is 2. The van der Waals surface area contributed by atoms with E-state index in [1.807, 2.05) is 4.72 Å². The number of hydrogen-bond acceptors (Lipinski definition) is 4. The average Bonchev–Trinajstić information content (AvgIpc) is 2.28. The second-order valence-corrected chi connectivity index (χ2v) is 6.34. The number of halogens is 1. The van der Waals surface area contributed by atoms with E-state index in [-0.39, 0.29) is 18.6 Å². The average molecular weight is 343 g/mol. The van der Waals surface area contributed by atoms with Crippen LogP contribution in [-0.2, 0) is 14.9 Å². The highest BCUT2D eigenvalue weighted by atomic mass is 79.9. The zero-order valence-corrected chi connectivity index (χ0v) is 12.7. The van der Waals surface area contributed by atoms with Gasteiger partial charge in [-0.15, -0.1) is 0 Å². The summed E-state index contributed by atoms with van der Waals surface area (Å²) in [6, 6.07) is -0.134. The number of hydrogen-bond donors (Lipinski definition) is 2. The van der Waals surface area contributed by atoms with Crippen molar-refractivity contribution < 1.29 is 17.9 Å². The molecular formula is C10H19BrN2O4S. The molecule has 106 valence electrons. The molecule has 2 unspecified atom stereocenters. The maximum atomic E-state index is 11.7. The minimum absolute atomic E-state index is 0.134. The van der Waals surface area contributed by atoms with Crippen molar-refractivity contribution in [3.05, 3.63) is 0 Å². The van der Waals surface area contributed by atoms with Gasteiger partial charge in [0.05, 0.1) is 6.61 Å². The summed E-state index contributed by atoms with van der Waals surface area (Å²) in [6.07, 6.45) is 2.93. The number of ether oxygens (including phenoxy) is 1. The third-order valence-corrected chi connectivity index (χ3v) is 4.79. The highest BCUT2D eigenvalue weighted by Crippen LogP contribution is 2.26. The number of rotatable bonds is 5. The summed E-state index contributed by atoms with van der Waals surface area (Å²) in [6.45, 7) is 1.75. The van der Waals surface area contributed by atoms with E-state index < -0.39 is 16.3 Å². The Bertz CT molecular complexity index is 374. The maximum Gasteiger partial charge on any atom is 0.421 e. The van der Waals surface area contributed by atoms with E-state index in [9.17, 15) is 13.2 Å². The summed E-state index contributed by atoms with van der Waals surface area (Å²) in [7, 11) is -3.84. The van der Waals surface area contributed by atoms with E-state index in [0.29, 0.717) is 0 Å². The Morgan fingerprint density at radius 3 is 2.67 bits per heavy atom. The van der Waals surface area contributed by atoms with Gasteiger partial charge in [-0.05, 0) is 25.7 Å². The molecule has 0 bridgehead atoms. The van der Waals surface area contributed by atoms with Crippen molar-refractivity contribution in [2.45, 2.75) is 38.6 Å². The Morgan fingerprint density at radius 2 is 2.06 bits per heavy atom. The lowest BCUT2D eigenvalue weighted by Gasteiger charge is -2.30. The van der Waals surface area contributed by atoms with Crippen LogP contribution in [0.4, 0.5) is 4.79 Å². The van der Waals surface area contributed by atoms with Crippen LogP contribution >= 0.6 is 15.9 Å². The summed E-state index contributed by atoms with van der Waals surface area (Å²) in [5.74, 6) is 0.262. The van der Waals surface area contributed by atoms with E-state index in [2.05, 4.69) is 25.4 Å². The van der Waals surface area contributed by atoms with Gasteiger partial charge in [0.15, 0.2) is 0 Å². The summed E-state index contributed by atoms with van der Waals surface area (Å²) in [5, 5.41) is 0.750. The van der Waals surface area contributed by atoms with Crippen LogP contribution in [0.1, 0.15) is 32.6 Å². The minimum Gasteiger partial charge on any atom is -0.449 e. The number of carbonyl (C=O) groups excluding carboxylic acids is 1. The summed E-state index contributed by atoms with van der Waals surface area (Å²) in [4.78, 5) is 11.1. The van der Waals surface area contributed by atoms with Gasteiger partial charge in [0.25, 0.3) is 0 Å². The van der Waals surface area contributed by atoms with Gasteiger partial charge in [0.2, 0.25) is 0 Å². The van der Waals surface area contributed by atoms with Crippen LogP contribution in [0.15, 0.2) is 0 Å². The van der Waals surface area contributed by atoms with Gasteiger partial charge in [-0.25, -0.2) is 9.52 Å². The van der Waals surface area contributed by atoms with Gasteiger partial charge in [-0.1, -0.05) is 28.8 Å². The molecule has 8 heteroatoms. The number of carbonyl (C=O) groups is 1. The Morgan fingerprint density at radius 1 is 1.39 bits per heavy atom. The third kappa shape index (κ3) is 5.11. The van der Waals surface area contributed by atoms with Crippen LogP contribution < -0.4 is 9.44 Å². The molecule has 0 saturated heterocycles. The van der Waals surface area contributed by atoms with E-state index >= 15 is 0 Å². The first kappa shape index (κ1) is 15.7. The predicted molar refractivity (Wildman–Crippen MR) is 71.8 cm³/mol. The van der Waals surface area contributed by atoms with Crippen molar-refractivity contribution in [2.24, 2.45) is 5.92 Å². The van der Waals surface area contributed by atoms with Crippen LogP contribution in [0.2, 0.25) is 0 Å². The van der Waals surface area contributed by atoms with Crippen molar-refractivity contribution in [1.82, 2.24) is 9.44 Å². The fourth-order valence-electron chi connectivity index (χ4n) is 2.05. The maximum absolute atomic E-state index is 11.7. The first-order valence-corrected chi connectivity index (χ1v) is 8.61. The van der Waals surface area contributed by atoms with Crippen molar-refractivity contribution in [3.63, 3.8) is 0 Å². The van der Waals surface area contributed by atoms with E-state index in [0.717, 1.165) is 31.0 Å². The topological polar surface area (TPSA) is 84.5 Å². The Hall–Kier alpha value is -0.340. The van der Waals surface area contributed by atoms with E-state index in [4.69, 9.17) is 0 Å². The molecule has 0 spiro atoms. The molecular weight excluding hydrogens is 324 g/mol. The molecule has 1 aliphatic carbocycles. The molecule has 1 amide bonds. The Kier molecular flexibility index (Phi) is 6.37. The quantitative estimate of drug-likeness (QED) is 0.742. The SMILES string of the molecule is CCOC(=O)NS(=O)(=O)NC1CCCCC1CBr. The highest BCUT2D eigenvalue weighted by Gasteiger charge is 2.28. The first-order valence-electron chi connectivity index (χ1n) is 6.01. The molecule has 0 aliphatic heterocycles. The fraction of sp³-hybridized carbons (Fsp3) is 0.900. The van der Waals surface area contributed by atoms with E-state index in [1.165, 1.54) is 0 Å². The fourth-order valence-corrected chi connectivity index (χ4v) is 3.87. The largest absolute Gasteiger partial charge is 0.449 e. The lowest BCUT2D eigenvalue weighted by atomic mass is 9.87. The van der Waals surface area contributed by atoms with Crippen molar-refractivity contribution >= 4 is 32.2 Å². The second kappa shape index (κ2) is 7.30. The first-order chi connectivity index (χ1) is 8.48. The molecule has 0 heterocycles. The third-order valence-electron chi connectivity index (χ3n) is 2.91. The summed E-state index contributed by atoms with van der Waals surface area (Å²) >= 11 is 3.39. The molecule has 6 nitrogen and oxygen atoms in total. The van der Waals surface area contributed by atoms with Crippen LogP contribution in [-0.4, -0.2) is 32.5 Å². The van der Waals surface area contributed by atoms with Crippen LogP contribution in [0.5, 0.6) is 0 Å². The lowest BCUT2D eigenvalue weighted by Crippen LogP contribution is -2.49. The van der Waals surface area contributed by atoms with Gasteiger partial charge in [-0.2, -0.15) is 13.1 Å². The van der Waals surface area contributed by atoms with E-state index in [1.54, 1.807) is 6.92 Å². The number of alkyl halides is 1. The molecule has 2 N–H and O–H groups in total. The van der Waals surface area contributed by atoms with Crippen molar-refractivity contribution in [1.29, 1.82) is 0 Å². The molecule has 1 rings (SSSR count). The molecule has 2 atom stereocenters. The van der Waals surface area contributed by atoms with Crippen LogP contribution in [0, 0.1) is 5.92 Å². The zero-order chi connectivity index (χ0) is 13.6. The molecule has 0 radical (unpaired) electrons. The smallest absolute Gasteiger partial charge is 0.421 e. The molecule has 1 fully saturated rings. The molecule has 18 heavy (non-hydrogen) atoms. The summed E-state index contributed by atoms with van der Waals surface area (Å²) in [5.41, 5.74) is 0. The van der Waals surface area contributed by atoms with Gasteiger partial charge in [0.1, 0.15) is 0 Å². The minimum atomic E-state index is -3.84. The lowest BCUT2D eigenvalue weighted by molar-refractivity contribution is 0.158. The molecule has 0 aromatic heterocycles. The zero-order valence-electron chi connectivity index (χ0n) is 10.3. The number of amides is 1. The summed E-state index contributed by atoms with van der Waals surface area (Å²) < 4.78 is 32.3. The molecule has 0 aromatic rings. The predicted octanol–water partition coefficient (Wildman–Crippen LogP) is 1.52. The molecule has 1 aliphatic rings. The van der Waals surface area contributed by atoms with Crippen molar-refractivity contribution in [3.8, 4) is 0 Å². The Balaban J connectivity index is 2.55. The van der Waals surface area contributed by atoms with Gasteiger partial charge >= 0.3 is 16.3 Å². The highest BCUT2D eigenvalue weighted by molar-refractivity contribution is 9.09. The van der Waals surface area contributed by atoms with Crippen LogP contribution in [0.25, 0.3) is 0 Å². The monoisotopic (exact) mass is 342 g/mol. The standard InChI is InChI=1S/C10H19BrN2O4S/c1-2-17-10(14)13-18(15,16)12-9-6-4-3-5-8(9)7-11/h8-9,12H,2-7H2,1H3,(H,13,14). The normalized spacial score (nSPS) is 24.6. The second-order valence-electron chi connectivity index (χ2n) is 4.25.